The van der Waals surface area contributed by atoms with Gasteiger partial charge in [-0.1, -0.05) is 6.07 Å². The second-order valence-electron chi connectivity index (χ2n) is 4.02. The summed E-state index contributed by atoms with van der Waals surface area (Å²) in [5, 5.41) is 21.5. The Balaban J connectivity index is 3.06. The first-order valence-electron chi connectivity index (χ1n) is 5.31. The largest absolute Gasteiger partial charge is 0.504 e. The van der Waals surface area contributed by atoms with E-state index >= 15 is 0 Å². The fourth-order valence-corrected chi connectivity index (χ4v) is 1.52. The quantitative estimate of drug-likeness (QED) is 0.726. The van der Waals surface area contributed by atoms with Crippen molar-refractivity contribution in [3.63, 3.8) is 0 Å². The lowest BCUT2D eigenvalue weighted by Crippen LogP contribution is -2.33. The number of hydrogen-bond acceptors (Lipinski definition) is 4. The minimum Gasteiger partial charge on any atom is -0.504 e. The number of methoxy groups -OCH3 is 1. The molecule has 1 atom stereocenters. The van der Waals surface area contributed by atoms with Crippen molar-refractivity contribution in [1.82, 2.24) is 5.32 Å². The molecule has 3 N–H and O–H groups in total. The molecule has 5 heteroatoms. The minimum absolute atomic E-state index is 0.00932. The summed E-state index contributed by atoms with van der Waals surface area (Å²) in [6.45, 7) is 3.74. The number of aromatic hydroxyl groups is 1. The Morgan fingerprint density at radius 1 is 1.41 bits per heavy atom. The molecule has 0 aromatic heterocycles. The van der Waals surface area contributed by atoms with E-state index in [0.29, 0.717) is 5.56 Å². The monoisotopic (exact) mass is 239 g/mol. The Bertz CT molecular complexity index is 403. The molecule has 0 aliphatic rings. The van der Waals surface area contributed by atoms with Crippen LogP contribution in [0.15, 0.2) is 18.2 Å². The molecule has 1 aromatic carbocycles. The van der Waals surface area contributed by atoms with Gasteiger partial charge in [0.25, 0.3) is 0 Å². The molecule has 0 aliphatic heterocycles. The molecule has 94 valence electrons. The van der Waals surface area contributed by atoms with E-state index < -0.39 is 12.0 Å². The van der Waals surface area contributed by atoms with Crippen LogP contribution in [0, 0.1) is 0 Å². The van der Waals surface area contributed by atoms with E-state index in [-0.39, 0.29) is 17.5 Å². The predicted molar refractivity (Wildman–Crippen MR) is 63.3 cm³/mol. The first-order chi connectivity index (χ1) is 7.95. The van der Waals surface area contributed by atoms with E-state index in [1.807, 2.05) is 13.8 Å². The molecule has 17 heavy (non-hydrogen) atoms. The van der Waals surface area contributed by atoms with Crippen LogP contribution in [0.5, 0.6) is 11.5 Å². The number of benzene rings is 1. The van der Waals surface area contributed by atoms with Crippen molar-refractivity contribution in [2.45, 2.75) is 25.9 Å². The van der Waals surface area contributed by atoms with Crippen molar-refractivity contribution < 1.29 is 19.7 Å². The van der Waals surface area contributed by atoms with Crippen LogP contribution in [-0.2, 0) is 4.79 Å². The van der Waals surface area contributed by atoms with Gasteiger partial charge in [-0.3, -0.25) is 10.1 Å². The van der Waals surface area contributed by atoms with Crippen LogP contribution in [0.4, 0.5) is 0 Å². The van der Waals surface area contributed by atoms with Gasteiger partial charge in [0, 0.05) is 6.04 Å². The van der Waals surface area contributed by atoms with Crippen molar-refractivity contribution in [2.75, 3.05) is 7.11 Å². The van der Waals surface area contributed by atoms with Gasteiger partial charge >= 0.3 is 5.97 Å². The minimum atomic E-state index is -0.966. The number of phenols is 1. The third-order valence-corrected chi connectivity index (χ3v) is 2.28. The summed E-state index contributed by atoms with van der Waals surface area (Å²) in [6, 6.07) is 3.72. The summed E-state index contributed by atoms with van der Waals surface area (Å²) in [6.07, 6.45) is 0. The van der Waals surface area contributed by atoms with Gasteiger partial charge < -0.3 is 14.9 Å². The summed E-state index contributed by atoms with van der Waals surface area (Å²) in [5.74, 6) is -0.712. The van der Waals surface area contributed by atoms with Gasteiger partial charge in [-0.05, 0) is 31.5 Å². The van der Waals surface area contributed by atoms with Gasteiger partial charge in [0.2, 0.25) is 0 Å². The number of aliphatic carboxylic acids is 1. The maximum Gasteiger partial charge on any atom is 0.325 e. The van der Waals surface area contributed by atoms with Gasteiger partial charge in [0.15, 0.2) is 11.5 Å². The number of carbonyl (C=O) groups is 1. The van der Waals surface area contributed by atoms with Crippen molar-refractivity contribution in [1.29, 1.82) is 0 Å². The zero-order chi connectivity index (χ0) is 13.0. The molecule has 0 fully saturated rings. The zero-order valence-electron chi connectivity index (χ0n) is 10.1. The van der Waals surface area contributed by atoms with Crippen molar-refractivity contribution in [3.8, 4) is 11.5 Å². The maximum atomic E-state index is 11.2. The van der Waals surface area contributed by atoms with Gasteiger partial charge in [-0.25, -0.2) is 0 Å². The van der Waals surface area contributed by atoms with E-state index in [2.05, 4.69) is 5.32 Å². The highest BCUT2D eigenvalue weighted by Crippen LogP contribution is 2.29. The van der Waals surface area contributed by atoms with E-state index in [1.54, 1.807) is 6.07 Å². The molecular weight excluding hydrogens is 222 g/mol. The molecule has 5 nitrogen and oxygen atoms in total. The topological polar surface area (TPSA) is 78.8 Å². The fourth-order valence-electron chi connectivity index (χ4n) is 1.52. The normalized spacial score (nSPS) is 12.5. The number of hydrogen-bond donors (Lipinski definition) is 3. The Labute approximate surface area is 100 Å². The first-order valence-corrected chi connectivity index (χ1v) is 5.31. The molecule has 1 aromatic rings. The van der Waals surface area contributed by atoms with Gasteiger partial charge in [0.05, 0.1) is 7.11 Å². The molecule has 0 heterocycles. The molecular formula is C12H17NO4. The Kier molecular flexibility index (Phi) is 4.34. The SMILES string of the molecule is COc1cc(C(NC(C)C)C(=O)O)ccc1O. The summed E-state index contributed by atoms with van der Waals surface area (Å²) >= 11 is 0. The fraction of sp³-hybridized carbons (Fsp3) is 0.417. The second kappa shape index (κ2) is 5.54. The molecule has 1 unspecified atom stereocenters. The Morgan fingerprint density at radius 3 is 2.53 bits per heavy atom. The number of carboxylic acids is 1. The summed E-state index contributed by atoms with van der Waals surface area (Å²) in [7, 11) is 1.42. The number of phenolic OH excluding ortho intramolecular Hbond substituents is 1. The highest BCUT2D eigenvalue weighted by Gasteiger charge is 2.21. The third kappa shape index (κ3) is 3.35. The number of ether oxygens (including phenoxy) is 1. The molecule has 0 bridgehead atoms. The van der Waals surface area contributed by atoms with Crippen LogP contribution in [0.2, 0.25) is 0 Å². The average molecular weight is 239 g/mol. The van der Waals surface area contributed by atoms with E-state index in [9.17, 15) is 9.90 Å². The van der Waals surface area contributed by atoms with E-state index in [1.165, 1.54) is 19.2 Å². The summed E-state index contributed by atoms with van der Waals surface area (Å²) < 4.78 is 4.95. The van der Waals surface area contributed by atoms with Crippen LogP contribution >= 0.6 is 0 Å². The average Bonchev–Trinajstić information content (AvgIpc) is 2.26. The lowest BCUT2D eigenvalue weighted by Gasteiger charge is -2.18. The number of nitrogens with one attached hydrogen (secondary N) is 1. The van der Waals surface area contributed by atoms with Crippen molar-refractivity contribution in [2.24, 2.45) is 0 Å². The smallest absolute Gasteiger partial charge is 0.325 e. The van der Waals surface area contributed by atoms with Crippen LogP contribution < -0.4 is 10.1 Å². The Hall–Kier alpha value is -1.75. The van der Waals surface area contributed by atoms with E-state index in [4.69, 9.17) is 9.84 Å². The number of carboxylic acid groups (broad SMARTS) is 1. The molecule has 1 rings (SSSR count). The van der Waals surface area contributed by atoms with Crippen LogP contribution in [0.3, 0.4) is 0 Å². The molecule has 0 saturated heterocycles. The van der Waals surface area contributed by atoms with Crippen molar-refractivity contribution >= 4 is 5.97 Å². The van der Waals surface area contributed by atoms with E-state index in [0.717, 1.165) is 0 Å². The predicted octanol–water partition coefficient (Wildman–Crippen LogP) is 1.52. The maximum absolute atomic E-state index is 11.2. The lowest BCUT2D eigenvalue weighted by molar-refractivity contribution is -0.139. The Morgan fingerprint density at radius 2 is 2.06 bits per heavy atom. The summed E-state index contributed by atoms with van der Waals surface area (Å²) in [4.78, 5) is 11.2. The molecule has 0 amide bonds. The molecule has 0 saturated carbocycles. The third-order valence-electron chi connectivity index (χ3n) is 2.28. The number of rotatable bonds is 5. The lowest BCUT2D eigenvalue weighted by atomic mass is 10.1. The second-order valence-corrected chi connectivity index (χ2v) is 4.02. The van der Waals surface area contributed by atoms with Crippen LogP contribution in [0.25, 0.3) is 0 Å². The highest BCUT2D eigenvalue weighted by atomic mass is 16.5. The standard InChI is InChI=1S/C12H17NO4/c1-7(2)13-11(12(15)16)8-4-5-9(14)10(6-8)17-3/h4-7,11,13-14H,1-3H3,(H,15,16). The van der Waals surface area contributed by atoms with Crippen molar-refractivity contribution in [3.05, 3.63) is 23.8 Å². The van der Waals surface area contributed by atoms with Gasteiger partial charge in [-0.15, -0.1) is 0 Å². The molecule has 0 radical (unpaired) electrons. The van der Waals surface area contributed by atoms with Gasteiger partial charge in [0.1, 0.15) is 6.04 Å². The van der Waals surface area contributed by atoms with Crippen LogP contribution in [-0.4, -0.2) is 29.3 Å². The van der Waals surface area contributed by atoms with Gasteiger partial charge in [-0.2, -0.15) is 0 Å². The molecule has 0 aliphatic carbocycles. The van der Waals surface area contributed by atoms with Crippen LogP contribution in [0.1, 0.15) is 25.5 Å². The highest BCUT2D eigenvalue weighted by molar-refractivity contribution is 5.76. The first kappa shape index (κ1) is 13.3. The zero-order valence-corrected chi connectivity index (χ0v) is 10.1. The molecule has 0 spiro atoms. The summed E-state index contributed by atoms with van der Waals surface area (Å²) in [5.41, 5.74) is 0.542.